The molecule has 2 aromatic carbocycles. The highest BCUT2D eigenvalue weighted by atomic mass is 16.5. The van der Waals surface area contributed by atoms with Crippen molar-refractivity contribution in [2.75, 3.05) is 13.2 Å². The summed E-state index contributed by atoms with van der Waals surface area (Å²) in [6.45, 7) is 0.563. The number of hydrogen-bond acceptors (Lipinski definition) is 5. The number of fused-ring (bicyclic) bond motifs is 3. The number of hydrogen-bond donors (Lipinski definition) is 3. The molecule has 3 aliphatic rings. The monoisotopic (exact) mass is 450 g/mol. The van der Waals surface area contributed by atoms with Crippen molar-refractivity contribution in [3.8, 4) is 11.1 Å². The first-order chi connectivity index (χ1) is 16.0. The molecule has 1 aliphatic heterocycles. The molecule has 33 heavy (non-hydrogen) atoms. The van der Waals surface area contributed by atoms with Crippen molar-refractivity contribution in [3.63, 3.8) is 0 Å². The molecule has 5 rings (SSSR count). The molecule has 2 aromatic rings. The highest BCUT2D eigenvalue weighted by Crippen LogP contribution is 2.44. The van der Waals surface area contributed by atoms with E-state index in [9.17, 15) is 14.4 Å². The molecule has 1 heterocycles. The summed E-state index contributed by atoms with van der Waals surface area (Å²) >= 11 is 0. The van der Waals surface area contributed by atoms with Gasteiger partial charge in [-0.25, -0.2) is 9.59 Å². The number of alkyl carbamates (subject to hydrolysis) is 1. The third kappa shape index (κ3) is 4.18. The summed E-state index contributed by atoms with van der Waals surface area (Å²) in [5.74, 6) is -1.51. The van der Waals surface area contributed by atoms with Crippen LogP contribution in [-0.4, -0.2) is 54.5 Å². The van der Waals surface area contributed by atoms with E-state index in [2.05, 4.69) is 34.9 Å². The molecule has 0 bridgehead atoms. The van der Waals surface area contributed by atoms with E-state index in [1.807, 2.05) is 24.3 Å². The van der Waals surface area contributed by atoms with E-state index in [0.717, 1.165) is 11.1 Å². The molecule has 2 amide bonds. The number of carbonyl (C=O) groups is 3. The van der Waals surface area contributed by atoms with Gasteiger partial charge in [0.05, 0.1) is 6.04 Å². The number of carboxylic acid groups (broad SMARTS) is 1. The maximum atomic E-state index is 12.4. The molecule has 3 N–H and O–H groups in total. The Balaban J connectivity index is 1.10. The number of nitrogens with one attached hydrogen (secondary N) is 2. The Labute approximate surface area is 191 Å². The second kappa shape index (κ2) is 8.86. The molecule has 0 radical (unpaired) electrons. The summed E-state index contributed by atoms with van der Waals surface area (Å²) in [7, 11) is 0. The lowest BCUT2D eigenvalue weighted by Gasteiger charge is -2.35. The van der Waals surface area contributed by atoms with Crippen LogP contribution >= 0.6 is 0 Å². The first kappa shape index (κ1) is 21.5. The van der Waals surface area contributed by atoms with E-state index in [1.165, 1.54) is 11.1 Å². The number of aliphatic carboxylic acids is 1. The fourth-order valence-electron chi connectivity index (χ4n) is 5.04. The van der Waals surface area contributed by atoms with Crippen LogP contribution in [0.25, 0.3) is 11.1 Å². The lowest BCUT2D eigenvalue weighted by Crippen LogP contribution is -2.53. The predicted molar refractivity (Wildman–Crippen MR) is 119 cm³/mol. The van der Waals surface area contributed by atoms with Gasteiger partial charge >= 0.3 is 12.1 Å². The summed E-state index contributed by atoms with van der Waals surface area (Å²) in [6, 6.07) is 15.7. The van der Waals surface area contributed by atoms with Crippen molar-refractivity contribution in [3.05, 3.63) is 59.7 Å². The van der Waals surface area contributed by atoms with Crippen molar-refractivity contribution in [2.24, 2.45) is 5.92 Å². The molecule has 8 nitrogen and oxygen atoms in total. The largest absolute Gasteiger partial charge is 0.479 e. The standard InChI is InChI=1S/C25H26N2O6/c28-23(27-21-9-10-32-22(21)24(29)30)14-11-15(12-14)26-25(31)33-13-20-18-7-3-1-5-16(18)17-6-2-4-8-19(17)20/h1-8,14-15,20-22H,9-13H2,(H,26,31)(H,27,28)(H,29,30)/t14?,15?,21-,22+/m0/s1. The number of amides is 2. The second-order valence-corrected chi connectivity index (χ2v) is 8.87. The van der Waals surface area contributed by atoms with Gasteiger partial charge in [0.15, 0.2) is 6.10 Å². The molecule has 0 unspecified atom stereocenters. The number of benzene rings is 2. The van der Waals surface area contributed by atoms with Crippen molar-refractivity contribution in [1.82, 2.24) is 10.6 Å². The minimum Gasteiger partial charge on any atom is -0.479 e. The molecule has 2 aliphatic carbocycles. The summed E-state index contributed by atoms with van der Waals surface area (Å²) in [6.07, 6.45) is -0.000797. The van der Waals surface area contributed by atoms with Crippen molar-refractivity contribution >= 4 is 18.0 Å². The zero-order valence-corrected chi connectivity index (χ0v) is 18.0. The van der Waals surface area contributed by atoms with Crippen molar-refractivity contribution in [1.29, 1.82) is 0 Å². The van der Waals surface area contributed by atoms with Gasteiger partial charge in [-0.1, -0.05) is 48.5 Å². The van der Waals surface area contributed by atoms with E-state index in [0.29, 0.717) is 25.9 Å². The molecule has 1 saturated carbocycles. The van der Waals surface area contributed by atoms with Gasteiger partial charge in [0.2, 0.25) is 5.91 Å². The average molecular weight is 450 g/mol. The molecule has 0 aromatic heterocycles. The number of ether oxygens (including phenoxy) is 2. The predicted octanol–water partition coefficient (Wildman–Crippen LogP) is 2.66. The van der Waals surface area contributed by atoms with E-state index in [-0.39, 0.29) is 30.4 Å². The quantitative estimate of drug-likeness (QED) is 0.624. The number of carboxylic acids is 1. The van der Waals surface area contributed by atoms with Gasteiger partial charge in [0, 0.05) is 24.5 Å². The summed E-state index contributed by atoms with van der Waals surface area (Å²) in [4.78, 5) is 36.0. The van der Waals surface area contributed by atoms with Gasteiger partial charge < -0.3 is 25.2 Å². The smallest absolute Gasteiger partial charge is 0.407 e. The molecule has 2 fully saturated rings. The van der Waals surface area contributed by atoms with E-state index >= 15 is 0 Å². The van der Waals surface area contributed by atoms with Gasteiger partial charge in [-0.3, -0.25) is 4.79 Å². The molecule has 172 valence electrons. The highest BCUT2D eigenvalue weighted by molar-refractivity contribution is 5.82. The van der Waals surface area contributed by atoms with E-state index in [4.69, 9.17) is 14.6 Å². The van der Waals surface area contributed by atoms with Gasteiger partial charge in [-0.2, -0.15) is 0 Å². The minimum absolute atomic E-state index is 0.00104. The average Bonchev–Trinajstić information content (AvgIpc) is 3.37. The maximum Gasteiger partial charge on any atom is 0.407 e. The first-order valence-corrected chi connectivity index (χ1v) is 11.3. The summed E-state index contributed by atoms with van der Waals surface area (Å²) in [5, 5.41) is 14.8. The lowest BCUT2D eigenvalue weighted by atomic mass is 9.79. The van der Waals surface area contributed by atoms with E-state index in [1.54, 1.807) is 0 Å². The van der Waals surface area contributed by atoms with Crippen LogP contribution in [0.3, 0.4) is 0 Å². The molecule has 2 atom stereocenters. The van der Waals surface area contributed by atoms with Gasteiger partial charge in [0.25, 0.3) is 0 Å². The second-order valence-electron chi connectivity index (χ2n) is 8.87. The number of rotatable bonds is 6. The zero-order valence-electron chi connectivity index (χ0n) is 18.0. The SMILES string of the molecule is O=C(NC1CC(C(=O)N[C@H]2CCO[C@H]2C(=O)O)C1)OCC1c2ccccc2-c2ccccc21. The van der Waals surface area contributed by atoms with Gasteiger partial charge in [-0.15, -0.1) is 0 Å². The Bertz CT molecular complexity index is 1030. The van der Waals surface area contributed by atoms with Crippen LogP contribution in [0.15, 0.2) is 48.5 Å². The lowest BCUT2D eigenvalue weighted by molar-refractivity contribution is -0.148. The summed E-state index contributed by atoms with van der Waals surface area (Å²) in [5.41, 5.74) is 4.66. The Morgan fingerprint density at radius 2 is 1.61 bits per heavy atom. The van der Waals surface area contributed by atoms with Crippen LogP contribution in [0.5, 0.6) is 0 Å². The highest BCUT2D eigenvalue weighted by Gasteiger charge is 2.40. The molecular formula is C25H26N2O6. The maximum absolute atomic E-state index is 12.4. The van der Waals surface area contributed by atoms with Crippen LogP contribution < -0.4 is 10.6 Å². The molecular weight excluding hydrogens is 424 g/mol. The van der Waals surface area contributed by atoms with Crippen LogP contribution in [0, 0.1) is 5.92 Å². The fraction of sp³-hybridized carbons (Fsp3) is 0.400. The van der Waals surface area contributed by atoms with Crippen LogP contribution in [0.1, 0.15) is 36.3 Å². The zero-order chi connectivity index (χ0) is 22.9. The normalized spacial score (nSPS) is 25.5. The van der Waals surface area contributed by atoms with Gasteiger partial charge in [-0.05, 0) is 41.5 Å². The third-order valence-corrected chi connectivity index (χ3v) is 6.84. The topological polar surface area (TPSA) is 114 Å². The fourth-order valence-corrected chi connectivity index (χ4v) is 5.04. The third-order valence-electron chi connectivity index (χ3n) is 6.84. The first-order valence-electron chi connectivity index (χ1n) is 11.3. The molecule has 1 saturated heterocycles. The van der Waals surface area contributed by atoms with Crippen LogP contribution in [-0.2, 0) is 19.1 Å². The van der Waals surface area contributed by atoms with E-state index < -0.39 is 24.2 Å². The molecule has 0 spiro atoms. The summed E-state index contributed by atoms with van der Waals surface area (Å²) < 4.78 is 10.7. The van der Waals surface area contributed by atoms with Crippen LogP contribution in [0.4, 0.5) is 4.79 Å². The Hall–Kier alpha value is -3.39. The van der Waals surface area contributed by atoms with Gasteiger partial charge in [0.1, 0.15) is 6.61 Å². The van der Waals surface area contributed by atoms with Crippen molar-refractivity contribution < 1.29 is 29.0 Å². The number of carbonyl (C=O) groups excluding carboxylic acids is 2. The minimum atomic E-state index is -1.07. The van der Waals surface area contributed by atoms with Crippen molar-refractivity contribution in [2.45, 2.75) is 43.4 Å². The molecule has 8 heteroatoms. The Morgan fingerprint density at radius 3 is 2.24 bits per heavy atom. The Morgan fingerprint density at radius 1 is 0.970 bits per heavy atom. The Kier molecular flexibility index (Phi) is 5.76. The van der Waals surface area contributed by atoms with Crippen LogP contribution in [0.2, 0.25) is 0 Å².